The molecule has 2 saturated carbocycles. The molecule has 1 aromatic rings. The van der Waals surface area contributed by atoms with Crippen molar-refractivity contribution >= 4 is 27.5 Å². The highest BCUT2D eigenvalue weighted by atomic mass is 79.9. The van der Waals surface area contributed by atoms with Crippen molar-refractivity contribution in [3.05, 3.63) is 33.3 Å². The van der Waals surface area contributed by atoms with E-state index in [0.29, 0.717) is 5.41 Å². The van der Waals surface area contributed by atoms with Crippen LogP contribution in [0.15, 0.2) is 22.7 Å². The highest BCUT2D eigenvalue weighted by molar-refractivity contribution is 9.10. The fourth-order valence-electron chi connectivity index (χ4n) is 4.45. The first-order chi connectivity index (χ1) is 9.13. The van der Waals surface area contributed by atoms with E-state index in [-0.39, 0.29) is 0 Å². The molecule has 0 amide bonds. The predicted octanol–water partition coefficient (Wildman–Crippen LogP) is 4.67. The van der Waals surface area contributed by atoms with Gasteiger partial charge in [-0.05, 0) is 67.7 Å². The maximum atomic E-state index is 6.42. The average Bonchev–Trinajstić information content (AvgIpc) is 2.94. The highest BCUT2D eigenvalue weighted by Gasteiger charge is 2.50. The number of halogens is 2. The summed E-state index contributed by atoms with van der Waals surface area (Å²) >= 11 is 9.91. The first kappa shape index (κ1) is 13.9. The largest absolute Gasteiger partial charge is 0.319 e. The number of hydrogen-bond donors (Lipinski definition) is 1. The van der Waals surface area contributed by atoms with E-state index in [1.165, 1.54) is 31.2 Å². The predicted molar refractivity (Wildman–Crippen MR) is 84.7 cm³/mol. The van der Waals surface area contributed by atoms with E-state index in [1.54, 1.807) is 0 Å². The van der Waals surface area contributed by atoms with Crippen molar-refractivity contribution < 1.29 is 0 Å². The molecule has 0 aromatic heterocycles. The van der Waals surface area contributed by atoms with Gasteiger partial charge in [0.25, 0.3) is 0 Å². The van der Waals surface area contributed by atoms with Crippen LogP contribution in [-0.2, 0) is 6.42 Å². The summed E-state index contributed by atoms with van der Waals surface area (Å²) in [6.45, 7) is 1.13. The van der Waals surface area contributed by atoms with Crippen LogP contribution in [0.25, 0.3) is 0 Å². The molecule has 3 rings (SSSR count). The van der Waals surface area contributed by atoms with Crippen LogP contribution in [0.2, 0.25) is 5.02 Å². The van der Waals surface area contributed by atoms with Crippen LogP contribution < -0.4 is 5.32 Å². The SMILES string of the molecule is CNCC1(Cc2ccc(Br)cc2Cl)CC2CCC1C2. The Labute approximate surface area is 129 Å². The molecule has 2 fully saturated rings. The lowest BCUT2D eigenvalue weighted by Gasteiger charge is -2.38. The Morgan fingerprint density at radius 1 is 1.42 bits per heavy atom. The van der Waals surface area contributed by atoms with Crippen molar-refractivity contribution in [2.45, 2.75) is 32.1 Å². The van der Waals surface area contributed by atoms with E-state index >= 15 is 0 Å². The number of benzene rings is 1. The van der Waals surface area contributed by atoms with Gasteiger partial charge < -0.3 is 5.32 Å². The van der Waals surface area contributed by atoms with E-state index in [9.17, 15) is 0 Å². The van der Waals surface area contributed by atoms with Gasteiger partial charge in [0.2, 0.25) is 0 Å². The molecule has 3 heteroatoms. The molecule has 1 N–H and O–H groups in total. The van der Waals surface area contributed by atoms with Crippen molar-refractivity contribution in [1.29, 1.82) is 0 Å². The number of fused-ring (bicyclic) bond motifs is 2. The minimum atomic E-state index is 0.440. The van der Waals surface area contributed by atoms with Crippen LogP contribution in [0.1, 0.15) is 31.2 Å². The Bertz CT molecular complexity index is 476. The Morgan fingerprint density at radius 2 is 2.26 bits per heavy atom. The summed E-state index contributed by atoms with van der Waals surface area (Å²) in [5.74, 6) is 1.86. The summed E-state index contributed by atoms with van der Waals surface area (Å²) in [4.78, 5) is 0. The van der Waals surface area contributed by atoms with Gasteiger partial charge in [0.15, 0.2) is 0 Å². The quantitative estimate of drug-likeness (QED) is 0.838. The lowest BCUT2D eigenvalue weighted by Crippen LogP contribution is -2.39. The van der Waals surface area contributed by atoms with Gasteiger partial charge in [0.1, 0.15) is 0 Å². The fourth-order valence-corrected chi connectivity index (χ4v) is 5.19. The van der Waals surface area contributed by atoms with Gasteiger partial charge in [0, 0.05) is 16.0 Å². The molecule has 2 aliphatic rings. The third-order valence-corrected chi connectivity index (χ3v) is 6.03. The van der Waals surface area contributed by atoms with Crippen LogP contribution in [0.3, 0.4) is 0 Å². The summed E-state index contributed by atoms with van der Waals surface area (Å²) in [6.07, 6.45) is 6.81. The van der Waals surface area contributed by atoms with Crippen LogP contribution in [0.4, 0.5) is 0 Å². The molecule has 3 unspecified atom stereocenters. The zero-order valence-electron chi connectivity index (χ0n) is 11.4. The van der Waals surface area contributed by atoms with Crippen molar-refractivity contribution in [2.75, 3.05) is 13.6 Å². The topological polar surface area (TPSA) is 12.0 Å². The zero-order chi connectivity index (χ0) is 13.5. The minimum Gasteiger partial charge on any atom is -0.319 e. The van der Waals surface area contributed by atoms with E-state index in [2.05, 4.69) is 40.4 Å². The van der Waals surface area contributed by atoms with Gasteiger partial charge in [-0.25, -0.2) is 0 Å². The molecule has 0 aliphatic heterocycles. The van der Waals surface area contributed by atoms with Crippen molar-refractivity contribution in [2.24, 2.45) is 17.3 Å². The lowest BCUT2D eigenvalue weighted by atomic mass is 9.69. The van der Waals surface area contributed by atoms with Gasteiger partial charge in [-0.1, -0.05) is 40.0 Å². The molecule has 104 valence electrons. The van der Waals surface area contributed by atoms with Gasteiger partial charge >= 0.3 is 0 Å². The number of nitrogens with one attached hydrogen (secondary N) is 1. The summed E-state index contributed by atoms with van der Waals surface area (Å²) < 4.78 is 1.07. The Balaban J connectivity index is 1.86. The Morgan fingerprint density at radius 3 is 2.84 bits per heavy atom. The summed E-state index contributed by atoms with van der Waals surface area (Å²) in [6, 6.07) is 6.33. The molecule has 19 heavy (non-hydrogen) atoms. The number of hydrogen-bond acceptors (Lipinski definition) is 1. The second kappa shape index (κ2) is 5.38. The van der Waals surface area contributed by atoms with Crippen LogP contribution in [-0.4, -0.2) is 13.6 Å². The third-order valence-electron chi connectivity index (χ3n) is 5.19. The fraction of sp³-hybridized carbons (Fsp3) is 0.625. The highest BCUT2D eigenvalue weighted by Crippen LogP contribution is 2.57. The van der Waals surface area contributed by atoms with Crippen LogP contribution >= 0.6 is 27.5 Å². The maximum Gasteiger partial charge on any atom is 0.0449 e. The van der Waals surface area contributed by atoms with Gasteiger partial charge in [0.05, 0.1) is 0 Å². The zero-order valence-corrected chi connectivity index (χ0v) is 13.7. The summed E-state index contributed by atoms with van der Waals surface area (Å²) in [7, 11) is 2.08. The van der Waals surface area contributed by atoms with Crippen molar-refractivity contribution in [3.8, 4) is 0 Å². The molecule has 0 saturated heterocycles. The Kier molecular flexibility index (Phi) is 3.94. The van der Waals surface area contributed by atoms with Gasteiger partial charge in [-0.3, -0.25) is 0 Å². The average molecular weight is 343 g/mol. The molecule has 3 atom stereocenters. The molecule has 0 spiro atoms. The smallest absolute Gasteiger partial charge is 0.0449 e. The summed E-state index contributed by atoms with van der Waals surface area (Å²) in [5.41, 5.74) is 1.75. The van der Waals surface area contributed by atoms with Crippen LogP contribution in [0.5, 0.6) is 0 Å². The molecular weight excluding hydrogens is 322 g/mol. The van der Waals surface area contributed by atoms with Crippen molar-refractivity contribution in [1.82, 2.24) is 5.32 Å². The molecule has 2 bridgehead atoms. The van der Waals surface area contributed by atoms with Gasteiger partial charge in [-0.2, -0.15) is 0 Å². The second-order valence-corrected chi connectivity index (χ2v) is 7.71. The molecule has 0 heterocycles. The maximum absolute atomic E-state index is 6.42. The second-order valence-electron chi connectivity index (χ2n) is 6.39. The summed E-state index contributed by atoms with van der Waals surface area (Å²) in [5, 5.41) is 4.34. The van der Waals surface area contributed by atoms with E-state index in [1.807, 2.05) is 6.07 Å². The molecule has 0 radical (unpaired) electrons. The van der Waals surface area contributed by atoms with Crippen LogP contribution in [0, 0.1) is 17.3 Å². The number of rotatable bonds is 4. The van der Waals surface area contributed by atoms with Crippen molar-refractivity contribution in [3.63, 3.8) is 0 Å². The van der Waals surface area contributed by atoms with Gasteiger partial charge in [-0.15, -0.1) is 0 Å². The first-order valence-electron chi connectivity index (χ1n) is 7.21. The lowest BCUT2D eigenvalue weighted by molar-refractivity contribution is 0.160. The molecule has 1 aromatic carbocycles. The first-order valence-corrected chi connectivity index (χ1v) is 8.38. The standard InChI is InChI=1S/C16H21BrClN/c1-19-10-16(8-11-2-4-13(16)6-11)9-12-3-5-14(17)7-15(12)18/h3,5,7,11,13,19H,2,4,6,8-10H2,1H3. The Hall–Kier alpha value is -0.0500. The van der Waals surface area contributed by atoms with E-state index in [4.69, 9.17) is 11.6 Å². The molecule has 2 aliphatic carbocycles. The van der Waals surface area contributed by atoms with E-state index in [0.717, 1.165) is 34.3 Å². The molecule has 1 nitrogen and oxygen atoms in total. The molecular formula is C16H21BrClN. The monoisotopic (exact) mass is 341 g/mol. The third kappa shape index (κ3) is 2.59. The minimum absolute atomic E-state index is 0.440. The van der Waals surface area contributed by atoms with E-state index < -0.39 is 0 Å². The normalized spacial score (nSPS) is 33.0.